The van der Waals surface area contributed by atoms with Crippen molar-refractivity contribution in [3.8, 4) is 5.75 Å². The molecule has 1 saturated heterocycles. The fourth-order valence-electron chi connectivity index (χ4n) is 3.39. The maximum absolute atomic E-state index is 12.8. The van der Waals surface area contributed by atoms with Gasteiger partial charge < -0.3 is 18.8 Å². The molecule has 0 atom stereocenters. The topological polar surface area (TPSA) is 81.9 Å². The van der Waals surface area contributed by atoms with Gasteiger partial charge in [-0.15, -0.1) is 0 Å². The molecule has 7 nitrogen and oxygen atoms in total. The van der Waals surface area contributed by atoms with E-state index in [0.29, 0.717) is 24.7 Å². The molecule has 0 bridgehead atoms. The Labute approximate surface area is 172 Å². The summed E-state index contributed by atoms with van der Waals surface area (Å²) in [7, 11) is 0. The highest BCUT2D eigenvalue weighted by atomic mass is 19.1. The molecule has 0 radical (unpaired) electrons. The number of hydrogen-bond donors (Lipinski definition) is 0. The summed E-state index contributed by atoms with van der Waals surface area (Å²) in [5.41, 5.74) is 1.60. The Morgan fingerprint density at radius 1 is 1.07 bits per heavy atom. The molecule has 30 heavy (non-hydrogen) atoms. The van der Waals surface area contributed by atoms with E-state index in [0.717, 1.165) is 23.9 Å². The zero-order valence-corrected chi connectivity index (χ0v) is 16.3. The van der Waals surface area contributed by atoms with Crippen LogP contribution >= 0.6 is 0 Å². The van der Waals surface area contributed by atoms with Gasteiger partial charge in [0, 0.05) is 19.0 Å². The third-order valence-corrected chi connectivity index (χ3v) is 5.03. The van der Waals surface area contributed by atoms with Gasteiger partial charge in [0.2, 0.25) is 0 Å². The number of amides is 1. The molecule has 0 unspecified atom stereocenters. The smallest absolute Gasteiger partial charge is 0.344 e. The Morgan fingerprint density at radius 2 is 1.80 bits per heavy atom. The van der Waals surface area contributed by atoms with E-state index in [1.807, 2.05) is 24.3 Å². The highest BCUT2D eigenvalue weighted by Crippen LogP contribution is 2.29. The second kappa shape index (κ2) is 8.94. The van der Waals surface area contributed by atoms with Crippen LogP contribution in [-0.2, 0) is 14.3 Å². The molecule has 3 aromatic rings. The molecule has 1 aliphatic rings. The molecule has 1 amide bonds. The highest BCUT2D eigenvalue weighted by Gasteiger charge is 2.27. The number of benzene rings is 2. The zero-order chi connectivity index (χ0) is 20.9. The monoisotopic (exact) mass is 412 g/mol. The summed E-state index contributed by atoms with van der Waals surface area (Å²) < 4.78 is 28.9. The summed E-state index contributed by atoms with van der Waals surface area (Å²) in [6.45, 7) is 0.412. The fourth-order valence-corrected chi connectivity index (χ4v) is 3.39. The molecule has 0 saturated carbocycles. The van der Waals surface area contributed by atoms with Gasteiger partial charge in [-0.3, -0.25) is 4.79 Å². The molecule has 0 aliphatic carbocycles. The first kappa shape index (κ1) is 19.9. The second-order valence-electron chi connectivity index (χ2n) is 7.08. The van der Waals surface area contributed by atoms with Crippen molar-refractivity contribution in [2.75, 3.05) is 26.3 Å². The van der Waals surface area contributed by atoms with Crippen LogP contribution in [0.1, 0.15) is 24.7 Å². The number of hydrogen-bond acceptors (Lipinski definition) is 6. The van der Waals surface area contributed by atoms with Crippen LogP contribution in [0.4, 0.5) is 4.39 Å². The lowest BCUT2D eigenvalue weighted by Crippen LogP contribution is -2.40. The number of likely N-dealkylation sites (tertiary alicyclic amines) is 1. The molecular formula is C22H21FN2O5. The molecule has 1 aromatic heterocycles. The van der Waals surface area contributed by atoms with E-state index in [9.17, 15) is 14.0 Å². The number of para-hydroxylation sites is 2. The van der Waals surface area contributed by atoms with Gasteiger partial charge in [0.1, 0.15) is 17.1 Å². The average molecular weight is 412 g/mol. The SMILES string of the molecule is O=C(COc1ccc(F)cc1)OCC(=O)N1CCC(c2nc3ccccc3o2)CC1. The van der Waals surface area contributed by atoms with Crippen LogP contribution in [-0.4, -0.2) is 48.1 Å². The number of carbonyl (C=O) groups is 2. The van der Waals surface area contributed by atoms with Crippen molar-refractivity contribution < 1.29 is 27.9 Å². The summed E-state index contributed by atoms with van der Waals surface area (Å²) in [5.74, 6) is -0.0905. The lowest BCUT2D eigenvalue weighted by atomic mass is 9.97. The number of nitrogens with zero attached hydrogens (tertiary/aromatic N) is 2. The molecule has 1 fully saturated rings. The normalized spacial score (nSPS) is 14.6. The number of ether oxygens (including phenoxy) is 2. The summed E-state index contributed by atoms with van der Waals surface area (Å²) in [4.78, 5) is 30.3. The first-order valence-corrected chi connectivity index (χ1v) is 9.76. The van der Waals surface area contributed by atoms with Crippen molar-refractivity contribution in [2.24, 2.45) is 0 Å². The van der Waals surface area contributed by atoms with Crippen molar-refractivity contribution in [3.63, 3.8) is 0 Å². The number of fused-ring (bicyclic) bond motifs is 1. The van der Waals surface area contributed by atoms with Gasteiger partial charge in [-0.05, 0) is 49.2 Å². The number of esters is 1. The van der Waals surface area contributed by atoms with Gasteiger partial charge >= 0.3 is 5.97 Å². The molecular weight excluding hydrogens is 391 g/mol. The quantitative estimate of drug-likeness (QED) is 0.578. The minimum atomic E-state index is -0.658. The lowest BCUT2D eigenvalue weighted by Gasteiger charge is -2.30. The maximum Gasteiger partial charge on any atom is 0.344 e. The summed E-state index contributed by atoms with van der Waals surface area (Å²) in [6, 6.07) is 12.9. The Morgan fingerprint density at radius 3 is 2.53 bits per heavy atom. The Bertz CT molecular complexity index is 992. The highest BCUT2D eigenvalue weighted by molar-refractivity contribution is 5.81. The minimum Gasteiger partial charge on any atom is -0.482 e. The molecule has 0 N–H and O–H groups in total. The van der Waals surface area contributed by atoms with Crippen LogP contribution in [0.3, 0.4) is 0 Å². The molecule has 1 aliphatic heterocycles. The first-order chi connectivity index (χ1) is 14.6. The van der Waals surface area contributed by atoms with E-state index in [4.69, 9.17) is 13.9 Å². The molecule has 4 rings (SSSR count). The van der Waals surface area contributed by atoms with Gasteiger partial charge in [0.05, 0.1) is 0 Å². The van der Waals surface area contributed by atoms with E-state index in [2.05, 4.69) is 4.98 Å². The van der Waals surface area contributed by atoms with E-state index < -0.39 is 11.8 Å². The van der Waals surface area contributed by atoms with Crippen LogP contribution in [0.15, 0.2) is 52.9 Å². The van der Waals surface area contributed by atoms with E-state index >= 15 is 0 Å². The molecule has 156 valence electrons. The van der Waals surface area contributed by atoms with E-state index in [1.165, 1.54) is 24.3 Å². The molecule has 0 spiro atoms. The molecule has 2 heterocycles. The van der Waals surface area contributed by atoms with Gasteiger partial charge in [-0.1, -0.05) is 12.1 Å². The van der Waals surface area contributed by atoms with Crippen molar-refractivity contribution in [2.45, 2.75) is 18.8 Å². The number of piperidine rings is 1. The maximum atomic E-state index is 12.8. The van der Waals surface area contributed by atoms with Crippen molar-refractivity contribution >= 4 is 23.0 Å². The average Bonchev–Trinajstić information content (AvgIpc) is 3.21. The van der Waals surface area contributed by atoms with Gasteiger partial charge in [-0.2, -0.15) is 0 Å². The Kier molecular flexibility index (Phi) is 5.92. The van der Waals surface area contributed by atoms with Crippen molar-refractivity contribution in [1.29, 1.82) is 0 Å². The molecule has 2 aromatic carbocycles. The van der Waals surface area contributed by atoms with Gasteiger partial charge in [-0.25, -0.2) is 14.2 Å². The fraction of sp³-hybridized carbons (Fsp3) is 0.318. The van der Waals surface area contributed by atoms with Crippen molar-refractivity contribution in [3.05, 3.63) is 60.2 Å². The second-order valence-corrected chi connectivity index (χ2v) is 7.08. The standard InChI is InChI=1S/C22H21FN2O5/c23-16-5-7-17(8-6-16)28-14-21(27)29-13-20(26)25-11-9-15(10-12-25)22-24-18-3-1-2-4-19(18)30-22/h1-8,15H,9-14H2. The van der Waals surface area contributed by atoms with Gasteiger partial charge in [0.15, 0.2) is 24.7 Å². The van der Waals surface area contributed by atoms with Crippen LogP contribution in [0, 0.1) is 5.82 Å². The Balaban J connectivity index is 1.20. The lowest BCUT2D eigenvalue weighted by molar-refractivity contribution is -0.154. The molecule has 8 heteroatoms. The van der Waals surface area contributed by atoms with Crippen LogP contribution in [0.2, 0.25) is 0 Å². The first-order valence-electron chi connectivity index (χ1n) is 9.76. The third-order valence-electron chi connectivity index (χ3n) is 5.03. The van der Waals surface area contributed by atoms with Crippen LogP contribution < -0.4 is 4.74 Å². The number of oxazole rings is 1. The number of rotatable bonds is 6. The zero-order valence-electron chi connectivity index (χ0n) is 16.3. The van der Waals surface area contributed by atoms with Crippen molar-refractivity contribution in [1.82, 2.24) is 9.88 Å². The number of carbonyl (C=O) groups excluding carboxylic acids is 2. The summed E-state index contributed by atoms with van der Waals surface area (Å²) in [6.07, 6.45) is 1.47. The predicted octanol–water partition coefficient (Wildman–Crippen LogP) is 3.30. The third kappa shape index (κ3) is 4.76. The van der Waals surface area contributed by atoms with Gasteiger partial charge in [0.25, 0.3) is 5.91 Å². The predicted molar refractivity (Wildman–Crippen MR) is 105 cm³/mol. The van der Waals surface area contributed by atoms with E-state index in [-0.39, 0.29) is 25.0 Å². The largest absolute Gasteiger partial charge is 0.482 e. The van der Waals surface area contributed by atoms with Crippen LogP contribution in [0.25, 0.3) is 11.1 Å². The minimum absolute atomic E-state index is 0.160. The van der Waals surface area contributed by atoms with Crippen LogP contribution in [0.5, 0.6) is 5.75 Å². The summed E-state index contributed by atoms with van der Waals surface area (Å²) in [5, 5.41) is 0. The number of halogens is 1. The summed E-state index contributed by atoms with van der Waals surface area (Å²) >= 11 is 0. The Hall–Kier alpha value is -3.42. The van der Waals surface area contributed by atoms with E-state index in [1.54, 1.807) is 4.90 Å². The number of aromatic nitrogens is 1.